The number of hydrazone groups is 1. The summed E-state index contributed by atoms with van der Waals surface area (Å²) in [5, 5.41) is 8.87. The van der Waals surface area contributed by atoms with Crippen molar-refractivity contribution in [2.45, 2.75) is 13.3 Å². The Morgan fingerprint density at radius 3 is 2.39 bits per heavy atom. The van der Waals surface area contributed by atoms with Gasteiger partial charge in [-0.3, -0.25) is 5.01 Å². The minimum Gasteiger partial charge on any atom is -0.385 e. The first-order chi connectivity index (χ1) is 14.8. The van der Waals surface area contributed by atoms with Gasteiger partial charge in [0, 0.05) is 46.2 Å². The van der Waals surface area contributed by atoms with Gasteiger partial charge in [0.15, 0.2) is 5.82 Å². The predicted molar refractivity (Wildman–Crippen MR) is 124 cm³/mol. The van der Waals surface area contributed by atoms with E-state index in [4.69, 9.17) is 0 Å². The number of aldehydes is 1. The Balaban J connectivity index is 2.48. The third kappa shape index (κ3) is 6.01. The zero-order valence-electron chi connectivity index (χ0n) is 18.8. The number of halogens is 2. The van der Waals surface area contributed by atoms with E-state index >= 15 is 8.78 Å². The van der Waals surface area contributed by atoms with Crippen molar-refractivity contribution in [3.05, 3.63) is 53.6 Å². The van der Waals surface area contributed by atoms with Gasteiger partial charge in [-0.1, -0.05) is 25.1 Å². The van der Waals surface area contributed by atoms with Gasteiger partial charge in [0.2, 0.25) is 0 Å². The number of nitrogens with zero attached hydrogens (tertiary/aromatic N) is 4. The van der Waals surface area contributed by atoms with E-state index in [0.29, 0.717) is 19.4 Å². The molecule has 0 bridgehead atoms. The molecule has 0 fully saturated rings. The topological polar surface area (TPSA) is 51.2 Å². The maximum absolute atomic E-state index is 15.4. The van der Waals surface area contributed by atoms with Crippen LogP contribution in [-0.4, -0.2) is 64.7 Å². The second-order valence-corrected chi connectivity index (χ2v) is 7.29. The Labute approximate surface area is 183 Å². The molecular formula is C23H31F2N5O. The lowest BCUT2D eigenvalue weighted by Gasteiger charge is -2.25. The summed E-state index contributed by atoms with van der Waals surface area (Å²) in [6, 6.07) is 10.6. The summed E-state index contributed by atoms with van der Waals surface area (Å²) in [5.74, 6) is -1.41. The molecule has 0 saturated carbocycles. The molecular weight excluding hydrogens is 400 g/mol. The normalized spacial score (nSPS) is 11.5. The van der Waals surface area contributed by atoms with Crippen LogP contribution in [-0.2, 0) is 4.79 Å². The van der Waals surface area contributed by atoms with Gasteiger partial charge < -0.3 is 19.9 Å². The van der Waals surface area contributed by atoms with Crippen molar-refractivity contribution >= 4 is 29.1 Å². The van der Waals surface area contributed by atoms with Crippen LogP contribution in [0.2, 0.25) is 0 Å². The highest BCUT2D eigenvalue weighted by molar-refractivity contribution is 6.10. The molecule has 0 spiro atoms. The SMILES string of the molecule is CCN(C)CCN(C)c1c(F)cc(/C(CC=O)=N/N(C)c2ccccc2)c(NC)c1F. The molecule has 0 radical (unpaired) electrons. The van der Waals surface area contributed by atoms with Crippen molar-refractivity contribution < 1.29 is 13.6 Å². The van der Waals surface area contributed by atoms with E-state index in [1.54, 1.807) is 31.1 Å². The van der Waals surface area contributed by atoms with Crippen LogP contribution in [0.3, 0.4) is 0 Å². The number of rotatable bonds is 11. The predicted octanol–water partition coefficient (Wildman–Crippen LogP) is 3.82. The number of para-hydroxylation sites is 1. The highest BCUT2D eigenvalue weighted by atomic mass is 19.1. The summed E-state index contributed by atoms with van der Waals surface area (Å²) >= 11 is 0. The monoisotopic (exact) mass is 431 g/mol. The number of carbonyl (C=O) groups is 1. The largest absolute Gasteiger partial charge is 0.385 e. The van der Waals surface area contributed by atoms with Crippen LogP contribution in [0, 0.1) is 11.6 Å². The molecule has 0 aliphatic heterocycles. The van der Waals surface area contributed by atoms with E-state index in [-0.39, 0.29) is 29.1 Å². The minimum atomic E-state index is -0.708. The quantitative estimate of drug-likeness (QED) is 0.333. The van der Waals surface area contributed by atoms with Gasteiger partial charge in [0.05, 0.1) is 17.1 Å². The highest BCUT2D eigenvalue weighted by Crippen LogP contribution is 2.33. The number of hydrogen-bond acceptors (Lipinski definition) is 6. The first kappa shape index (κ1) is 24.3. The first-order valence-electron chi connectivity index (χ1n) is 10.2. The molecule has 2 rings (SSSR count). The van der Waals surface area contributed by atoms with Crippen molar-refractivity contribution in [1.29, 1.82) is 0 Å². The van der Waals surface area contributed by atoms with Gasteiger partial charge in [-0.2, -0.15) is 5.10 Å². The molecule has 8 heteroatoms. The number of likely N-dealkylation sites (N-methyl/N-ethyl adjacent to an activating group) is 2. The average Bonchev–Trinajstić information content (AvgIpc) is 2.77. The van der Waals surface area contributed by atoms with Crippen LogP contribution >= 0.6 is 0 Å². The summed E-state index contributed by atoms with van der Waals surface area (Å²) in [6.45, 7) is 4.00. The van der Waals surface area contributed by atoms with Crippen LogP contribution in [0.25, 0.3) is 0 Å². The zero-order valence-corrected chi connectivity index (χ0v) is 18.8. The molecule has 0 atom stereocenters. The fourth-order valence-corrected chi connectivity index (χ4v) is 3.19. The van der Waals surface area contributed by atoms with Crippen molar-refractivity contribution in [2.24, 2.45) is 5.10 Å². The second-order valence-electron chi connectivity index (χ2n) is 7.29. The maximum Gasteiger partial charge on any atom is 0.173 e. The summed E-state index contributed by atoms with van der Waals surface area (Å²) in [4.78, 5) is 14.9. The van der Waals surface area contributed by atoms with Crippen molar-refractivity contribution in [3.63, 3.8) is 0 Å². The summed E-state index contributed by atoms with van der Waals surface area (Å²) in [5.41, 5.74) is 1.27. The molecule has 31 heavy (non-hydrogen) atoms. The van der Waals surface area contributed by atoms with Crippen LogP contribution in [0.15, 0.2) is 41.5 Å². The standard InChI is InChI=1S/C23H31F2N5O/c1-6-28(3)13-14-29(4)23-19(24)16-18(22(26-2)21(23)25)20(12-15-31)27-30(5)17-10-8-7-9-11-17/h7-11,15-16,26H,6,12-14H2,1-5H3/b27-20+. The van der Waals surface area contributed by atoms with Crippen molar-refractivity contribution in [1.82, 2.24) is 4.90 Å². The average molecular weight is 432 g/mol. The van der Waals surface area contributed by atoms with E-state index in [9.17, 15) is 4.79 Å². The Morgan fingerprint density at radius 1 is 1.13 bits per heavy atom. The maximum atomic E-state index is 15.4. The van der Waals surface area contributed by atoms with Gasteiger partial charge >= 0.3 is 0 Å². The van der Waals surface area contributed by atoms with Crippen molar-refractivity contribution in [2.75, 3.05) is 63.1 Å². The number of hydrogen-bond donors (Lipinski definition) is 1. The molecule has 0 heterocycles. The minimum absolute atomic E-state index is 0.0821. The van der Waals surface area contributed by atoms with E-state index in [2.05, 4.69) is 15.3 Å². The highest BCUT2D eigenvalue weighted by Gasteiger charge is 2.23. The van der Waals surface area contributed by atoms with Gasteiger partial charge in [-0.15, -0.1) is 0 Å². The van der Waals surface area contributed by atoms with Crippen LogP contribution < -0.4 is 15.2 Å². The lowest BCUT2D eigenvalue weighted by molar-refractivity contribution is -0.106. The number of anilines is 3. The van der Waals surface area contributed by atoms with Gasteiger partial charge in [0.25, 0.3) is 0 Å². The molecule has 0 aliphatic rings. The zero-order chi connectivity index (χ0) is 23.0. The molecule has 0 amide bonds. The fraction of sp³-hybridized carbons (Fsp3) is 0.391. The summed E-state index contributed by atoms with van der Waals surface area (Å²) in [7, 11) is 6.90. The Bertz CT molecular complexity index is 905. The molecule has 0 unspecified atom stereocenters. The molecule has 0 saturated heterocycles. The van der Waals surface area contributed by atoms with Gasteiger partial charge in [0.1, 0.15) is 17.8 Å². The first-order valence-corrected chi connectivity index (χ1v) is 10.2. The molecule has 0 aromatic heterocycles. The summed E-state index contributed by atoms with van der Waals surface area (Å²) < 4.78 is 30.5. The Morgan fingerprint density at radius 2 is 1.81 bits per heavy atom. The van der Waals surface area contributed by atoms with Crippen molar-refractivity contribution in [3.8, 4) is 0 Å². The number of nitrogens with one attached hydrogen (secondary N) is 1. The molecule has 1 N–H and O–H groups in total. The Hall–Kier alpha value is -3.00. The van der Waals surface area contributed by atoms with E-state index in [1.165, 1.54) is 6.07 Å². The lowest BCUT2D eigenvalue weighted by atomic mass is 10.0. The second kappa shape index (κ2) is 11.4. The summed E-state index contributed by atoms with van der Waals surface area (Å²) in [6.07, 6.45) is 0.592. The van der Waals surface area contributed by atoms with E-state index in [1.807, 2.05) is 44.3 Å². The molecule has 0 aliphatic carbocycles. The van der Waals surface area contributed by atoms with Gasteiger partial charge in [-0.25, -0.2) is 8.78 Å². The third-order valence-electron chi connectivity index (χ3n) is 5.17. The van der Waals surface area contributed by atoms with Crippen LogP contribution in [0.5, 0.6) is 0 Å². The number of carbonyl (C=O) groups excluding carboxylic acids is 1. The van der Waals surface area contributed by atoms with Crippen LogP contribution in [0.4, 0.5) is 25.8 Å². The van der Waals surface area contributed by atoms with E-state index < -0.39 is 11.6 Å². The molecule has 2 aromatic rings. The Kier molecular flexibility index (Phi) is 8.93. The smallest absolute Gasteiger partial charge is 0.173 e. The fourth-order valence-electron chi connectivity index (χ4n) is 3.19. The van der Waals surface area contributed by atoms with Gasteiger partial charge in [-0.05, 0) is 31.8 Å². The number of benzene rings is 2. The van der Waals surface area contributed by atoms with E-state index in [0.717, 1.165) is 12.2 Å². The lowest BCUT2D eigenvalue weighted by Crippen LogP contribution is -2.32. The molecule has 168 valence electrons. The molecule has 2 aromatic carbocycles. The molecule has 6 nitrogen and oxygen atoms in total. The third-order valence-corrected chi connectivity index (χ3v) is 5.17. The van der Waals surface area contributed by atoms with Crippen LogP contribution in [0.1, 0.15) is 18.9 Å².